The van der Waals surface area contributed by atoms with Crippen LogP contribution in [0.2, 0.25) is 0 Å². The van der Waals surface area contributed by atoms with Crippen molar-refractivity contribution >= 4 is 32.5 Å². The van der Waals surface area contributed by atoms with E-state index in [-0.39, 0.29) is 24.4 Å². The maximum absolute atomic E-state index is 15.5. The van der Waals surface area contributed by atoms with Crippen molar-refractivity contribution in [3.05, 3.63) is 77.5 Å². The zero-order chi connectivity index (χ0) is 25.7. The minimum absolute atomic E-state index is 0.108. The number of halogens is 1. The van der Waals surface area contributed by atoms with E-state index in [0.717, 1.165) is 47.2 Å². The molecule has 1 atom stereocenters. The summed E-state index contributed by atoms with van der Waals surface area (Å²) in [6.07, 6.45) is 5.77. The molecule has 4 heterocycles. The number of amides is 1. The van der Waals surface area contributed by atoms with Gasteiger partial charge in [-0.3, -0.25) is 14.5 Å². The second-order valence-electron chi connectivity index (χ2n) is 10.3. The molecule has 0 spiro atoms. The number of ether oxygens (including phenoxy) is 2. The first-order chi connectivity index (χ1) is 17.8. The summed E-state index contributed by atoms with van der Waals surface area (Å²) in [6, 6.07) is 12.5. The number of rotatable bonds is 6. The minimum Gasteiger partial charge on any atom is -0.489 e. The van der Waals surface area contributed by atoms with Gasteiger partial charge in [0, 0.05) is 48.9 Å². The lowest BCUT2D eigenvalue weighted by molar-refractivity contribution is 0.0684. The van der Waals surface area contributed by atoms with E-state index in [0.29, 0.717) is 23.5 Å². The molecule has 7 nitrogen and oxygen atoms in total. The molecule has 4 aromatic rings. The highest BCUT2D eigenvalue weighted by Crippen LogP contribution is 2.37. The lowest BCUT2D eigenvalue weighted by atomic mass is 9.59. The van der Waals surface area contributed by atoms with Gasteiger partial charge in [-0.2, -0.15) is 5.10 Å². The number of nitrogens with zero attached hydrogens (tertiary/aromatic N) is 4. The lowest BCUT2D eigenvalue weighted by Gasteiger charge is -2.32. The maximum Gasteiger partial charge on any atom is 0.255 e. The van der Waals surface area contributed by atoms with E-state index in [9.17, 15) is 4.79 Å². The van der Waals surface area contributed by atoms with E-state index < -0.39 is 5.34 Å². The number of aryl methyl sites for hydroxylation is 1. The van der Waals surface area contributed by atoms with Crippen LogP contribution in [-0.2, 0) is 23.7 Å². The van der Waals surface area contributed by atoms with Gasteiger partial charge < -0.3 is 14.4 Å². The molecule has 0 bridgehead atoms. The maximum atomic E-state index is 15.5. The molecule has 37 heavy (non-hydrogen) atoms. The molecule has 0 saturated carbocycles. The lowest BCUT2D eigenvalue weighted by Crippen LogP contribution is -2.44. The van der Waals surface area contributed by atoms with Crippen LogP contribution >= 0.6 is 0 Å². The highest BCUT2D eigenvalue weighted by molar-refractivity contribution is 6.42. The fourth-order valence-corrected chi connectivity index (χ4v) is 5.40. The van der Waals surface area contributed by atoms with Gasteiger partial charge in [0.05, 0.1) is 17.4 Å². The number of hydrogen-bond acceptors (Lipinski definition) is 5. The molecule has 2 aliphatic rings. The molecular weight excluding hydrogens is 469 g/mol. The Morgan fingerprint density at radius 1 is 1.22 bits per heavy atom. The molecule has 2 aromatic heterocycles. The third kappa shape index (κ3) is 4.09. The predicted molar refractivity (Wildman–Crippen MR) is 143 cm³/mol. The van der Waals surface area contributed by atoms with Gasteiger partial charge in [-0.25, -0.2) is 4.39 Å². The number of aromatic nitrogens is 3. The van der Waals surface area contributed by atoms with Crippen molar-refractivity contribution in [3.8, 4) is 16.9 Å². The van der Waals surface area contributed by atoms with Crippen molar-refractivity contribution in [2.45, 2.75) is 30.8 Å². The first-order valence-corrected chi connectivity index (χ1v) is 12.6. The quantitative estimate of drug-likeness (QED) is 0.384. The van der Waals surface area contributed by atoms with E-state index in [1.54, 1.807) is 34.0 Å². The average Bonchev–Trinajstić information content (AvgIpc) is 3.59. The molecule has 186 valence electrons. The standard InChI is InChI=1S/C27H27B2FN4O3/c1-33-14-21-19(8-9-23(24(21)32-33)37-15-18-4-3-11-36-18)16-6-7-17(22(30)12-16)13-34-26(35)20-5-2-10-31-25(20)27(34,28)29/h2,5-10,12,14,18H,3-4,11,13,15,28-29H2,1H3. The fraction of sp³-hybridized carbons (Fsp3) is 0.296. The Morgan fingerprint density at radius 2 is 2.08 bits per heavy atom. The van der Waals surface area contributed by atoms with Gasteiger partial charge in [-0.15, -0.1) is 0 Å². The van der Waals surface area contributed by atoms with Crippen LogP contribution in [0.4, 0.5) is 4.39 Å². The van der Waals surface area contributed by atoms with E-state index in [1.165, 1.54) is 6.07 Å². The van der Waals surface area contributed by atoms with Crippen molar-refractivity contribution < 1.29 is 18.7 Å². The Hall–Kier alpha value is -3.65. The monoisotopic (exact) mass is 496 g/mol. The van der Waals surface area contributed by atoms with Crippen molar-refractivity contribution in [1.29, 1.82) is 0 Å². The first-order valence-electron chi connectivity index (χ1n) is 12.6. The van der Waals surface area contributed by atoms with Crippen LogP contribution in [0.1, 0.15) is 34.5 Å². The summed E-state index contributed by atoms with van der Waals surface area (Å²) in [6.45, 7) is 1.42. The summed E-state index contributed by atoms with van der Waals surface area (Å²) < 4.78 is 28.9. The molecule has 0 N–H and O–H groups in total. The molecule has 0 aliphatic carbocycles. The largest absolute Gasteiger partial charge is 0.489 e. The van der Waals surface area contributed by atoms with Crippen LogP contribution in [-0.4, -0.2) is 60.6 Å². The van der Waals surface area contributed by atoms with Crippen LogP contribution in [0.5, 0.6) is 5.75 Å². The van der Waals surface area contributed by atoms with E-state index in [4.69, 9.17) is 9.47 Å². The average molecular weight is 496 g/mol. The summed E-state index contributed by atoms with van der Waals surface area (Å²) in [5.74, 6) is 0.197. The Balaban J connectivity index is 1.28. The summed E-state index contributed by atoms with van der Waals surface area (Å²) in [5.41, 5.74) is 4.09. The molecule has 10 heteroatoms. The van der Waals surface area contributed by atoms with Gasteiger partial charge in [-0.1, -0.05) is 12.1 Å². The highest BCUT2D eigenvalue weighted by atomic mass is 19.1. The van der Waals surface area contributed by atoms with Crippen molar-refractivity contribution in [3.63, 3.8) is 0 Å². The SMILES string of the molecule is BC1(B)c2ncccc2C(=O)N1Cc1ccc(-c2ccc(OCC3CCCO3)c3nn(C)cc23)cc1F. The molecule has 6 rings (SSSR count). The van der Waals surface area contributed by atoms with Gasteiger partial charge in [0.25, 0.3) is 5.91 Å². The molecule has 1 unspecified atom stereocenters. The summed E-state index contributed by atoms with van der Waals surface area (Å²) in [7, 11) is 5.74. The third-order valence-corrected chi connectivity index (χ3v) is 7.43. The Labute approximate surface area is 216 Å². The third-order valence-electron chi connectivity index (χ3n) is 7.43. The highest BCUT2D eigenvalue weighted by Gasteiger charge is 2.43. The zero-order valence-corrected chi connectivity index (χ0v) is 21.2. The van der Waals surface area contributed by atoms with E-state index >= 15 is 4.39 Å². The molecular formula is C27H27B2FN4O3. The summed E-state index contributed by atoms with van der Waals surface area (Å²) >= 11 is 0. The normalized spacial score (nSPS) is 18.5. The van der Waals surface area contributed by atoms with Gasteiger partial charge in [0.15, 0.2) is 0 Å². The van der Waals surface area contributed by atoms with Crippen LogP contribution in [0.15, 0.2) is 54.9 Å². The smallest absolute Gasteiger partial charge is 0.255 e. The number of pyridine rings is 1. The van der Waals surface area contributed by atoms with E-state index in [2.05, 4.69) is 10.1 Å². The Bertz CT molecular complexity index is 1520. The fourth-order valence-electron chi connectivity index (χ4n) is 5.40. The Kier molecular flexibility index (Phi) is 5.79. The van der Waals surface area contributed by atoms with Crippen molar-refractivity contribution in [2.24, 2.45) is 7.05 Å². The van der Waals surface area contributed by atoms with E-state index in [1.807, 2.05) is 47.1 Å². The Morgan fingerprint density at radius 3 is 2.84 bits per heavy atom. The van der Waals surface area contributed by atoms with Gasteiger partial charge in [-0.05, 0) is 54.3 Å². The molecule has 2 aromatic carbocycles. The van der Waals surface area contributed by atoms with Crippen molar-refractivity contribution in [2.75, 3.05) is 13.2 Å². The minimum atomic E-state index is -0.625. The van der Waals surface area contributed by atoms with Crippen LogP contribution in [0.3, 0.4) is 0 Å². The number of carbonyl (C=O) groups excluding carboxylic acids is 1. The molecule has 1 saturated heterocycles. The number of carbonyl (C=O) groups is 1. The second-order valence-corrected chi connectivity index (χ2v) is 10.3. The van der Waals surface area contributed by atoms with Crippen LogP contribution in [0.25, 0.3) is 22.0 Å². The molecule has 1 fully saturated rings. The summed E-state index contributed by atoms with van der Waals surface area (Å²) in [5, 5.41) is 4.86. The summed E-state index contributed by atoms with van der Waals surface area (Å²) in [4.78, 5) is 19.2. The second kappa shape index (κ2) is 9.03. The first kappa shape index (κ1) is 23.7. The van der Waals surface area contributed by atoms with Gasteiger partial charge >= 0.3 is 0 Å². The molecule has 0 radical (unpaired) electrons. The van der Waals surface area contributed by atoms with Gasteiger partial charge in [0.2, 0.25) is 0 Å². The number of benzene rings is 2. The van der Waals surface area contributed by atoms with Crippen LogP contribution in [0, 0.1) is 5.82 Å². The molecule has 2 aliphatic heterocycles. The van der Waals surface area contributed by atoms with Crippen molar-refractivity contribution in [1.82, 2.24) is 19.7 Å². The van der Waals surface area contributed by atoms with Gasteiger partial charge in [0.1, 0.15) is 39.4 Å². The molecule has 1 amide bonds. The van der Waals surface area contributed by atoms with Crippen LogP contribution < -0.4 is 4.74 Å². The number of hydrogen-bond donors (Lipinski definition) is 0. The number of fused-ring (bicyclic) bond motifs is 2. The topological polar surface area (TPSA) is 69.5 Å². The predicted octanol–water partition coefficient (Wildman–Crippen LogP) is 2.36. The zero-order valence-electron chi connectivity index (χ0n) is 21.2.